The number of rotatable bonds is 2. The van der Waals surface area contributed by atoms with Crippen LogP contribution < -0.4 is 4.74 Å². The molecule has 0 fully saturated rings. The summed E-state index contributed by atoms with van der Waals surface area (Å²) in [5, 5.41) is 8.93. The van der Waals surface area contributed by atoms with E-state index in [1.807, 2.05) is 13.0 Å². The van der Waals surface area contributed by atoms with Crippen LogP contribution in [0.3, 0.4) is 0 Å². The maximum atomic E-state index is 11.8. The first-order valence-corrected chi connectivity index (χ1v) is 5.82. The summed E-state index contributed by atoms with van der Waals surface area (Å²) < 4.78 is 5.15. The number of aromatic nitrogens is 1. The van der Waals surface area contributed by atoms with Crippen molar-refractivity contribution in [2.75, 3.05) is 0 Å². The summed E-state index contributed by atoms with van der Waals surface area (Å²) in [6, 6.07) is 9.76. The third-order valence-corrected chi connectivity index (χ3v) is 2.71. The zero-order chi connectivity index (χ0) is 13.8. The fourth-order valence-corrected chi connectivity index (χ4v) is 1.62. The Kier molecular flexibility index (Phi) is 3.79. The minimum absolute atomic E-state index is 0.214. The lowest BCUT2D eigenvalue weighted by molar-refractivity contribution is 0.0734. The molecule has 0 bridgehead atoms. The number of carbonyl (C=O) groups is 1. The standard InChI is InChI=1S/C14H9ClN2O2/c1-9-2-4-11(8-17-9)14(18)19-13-5-3-10(7-16)6-12(13)15/h2-6,8H,1H3. The Balaban J connectivity index is 2.20. The van der Waals surface area contributed by atoms with Crippen molar-refractivity contribution in [3.8, 4) is 11.8 Å². The third-order valence-electron chi connectivity index (χ3n) is 2.41. The van der Waals surface area contributed by atoms with E-state index in [0.29, 0.717) is 11.1 Å². The molecule has 2 aromatic rings. The second-order valence-corrected chi connectivity index (χ2v) is 4.24. The monoisotopic (exact) mass is 272 g/mol. The zero-order valence-corrected chi connectivity index (χ0v) is 10.8. The summed E-state index contributed by atoms with van der Waals surface area (Å²) in [5.41, 5.74) is 1.56. The van der Waals surface area contributed by atoms with Gasteiger partial charge in [-0.1, -0.05) is 11.6 Å². The predicted octanol–water partition coefficient (Wildman–Crippen LogP) is 3.13. The van der Waals surface area contributed by atoms with Gasteiger partial charge in [0.15, 0.2) is 0 Å². The largest absolute Gasteiger partial charge is 0.421 e. The van der Waals surface area contributed by atoms with Gasteiger partial charge in [0, 0.05) is 11.9 Å². The number of halogens is 1. The smallest absolute Gasteiger partial charge is 0.345 e. The molecule has 0 N–H and O–H groups in total. The van der Waals surface area contributed by atoms with Crippen LogP contribution in [0.25, 0.3) is 0 Å². The lowest BCUT2D eigenvalue weighted by Gasteiger charge is -2.06. The van der Waals surface area contributed by atoms with Crippen molar-refractivity contribution in [3.05, 3.63) is 58.4 Å². The molecule has 2 rings (SSSR count). The molecule has 4 nitrogen and oxygen atoms in total. The van der Waals surface area contributed by atoms with E-state index in [-0.39, 0.29) is 10.8 Å². The second kappa shape index (κ2) is 5.51. The molecule has 0 radical (unpaired) electrons. The van der Waals surface area contributed by atoms with Gasteiger partial charge in [-0.05, 0) is 37.3 Å². The molecule has 0 saturated heterocycles. The van der Waals surface area contributed by atoms with Crippen LogP contribution in [0.4, 0.5) is 0 Å². The second-order valence-electron chi connectivity index (χ2n) is 3.83. The Hall–Kier alpha value is -2.38. The Bertz CT molecular complexity index is 660. The Morgan fingerprint density at radius 3 is 2.74 bits per heavy atom. The lowest BCUT2D eigenvalue weighted by atomic mass is 10.2. The molecule has 0 saturated carbocycles. The summed E-state index contributed by atoms with van der Waals surface area (Å²) in [6.07, 6.45) is 1.44. The van der Waals surface area contributed by atoms with Gasteiger partial charge in [-0.3, -0.25) is 4.98 Å². The quantitative estimate of drug-likeness (QED) is 0.622. The maximum Gasteiger partial charge on any atom is 0.345 e. The molecular weight excluding hydrogens is 264 g/mol. The Morgan fingerprint density at radius 1 is 1.37 bits per heavy atom. The first kappa shape index (κ1) is 13.1. The van der Waals surface area contributed by atoms with Crippen LogP contribution in [0.1, 0.15) is 21.6 Å². The van der Waals surface area contributed by atoms with E-state index in [4.69, 9.17) is 21.6 Å². The molecule has 0 aliphatic carbocycles. The summed E-state index contributed by atoms with van der Waals surface area (Å²) in [5.74, 6) is -0.328. The highest BCUT2D eigenvalue weighted by Crippen LogP contribution is 2.26. The molecule has 0 unspecified atom stereocenters. The normalized spacial score (nSPS) is 9.74. The van der Waals surface area contributed by atoms with Gasteiger partial charge in [0.1, 0.15) is 5.75 Å². The van der Waals surface area contributed by atoms with Crippen LogP contribution in [-0.4, -0.2) is 11.0 Å². The van der Waals surface area contributed by atoms with Crippen LogP contribution in [0, 0.1) is 18.3 Å². The Morgan fingerprint density at radius 2 is 2.16 bits per heavy atom. The van der Waals surface area contributed by atoms with Crippen molar-refractivity contribution in [2.24, 2.45) is 0 Å². The van der Waals surface area contributed by atoms with Crippen LogP contribution in [0.2, 0.25) is 5.02 Å². The van der Waals surface area contributed by atoms with Crippen molar-refractivity contribution in [1.82, 2.24) is 4.98 Å². The third kappa shape index (κ3) is 3.09. The molecule has 94 valence electrons. The summed E-state index contributed by atoms with van der Waals surface area (Å²) in [4.78, 5) is 15.9. The van der Waals surface area contributed by atoms with Gasteiger partial charge < -0.3 is 4.74 Å². The van der Waals surface area contributed by atoms with Crippen molar-refractivity contribution < 1.29 is 9.53 Å². The van der Waals surface area contributed by atoms with Crippen LogP contribution >= 0.6 is 11.6 Å². The molecule has 1 aromatic carbocycles. The summed E-state index contributed by atoms with van der Waals surface area (Å²) in [7, 11) is 0. The number of pyridine rings is 1. The zero-order valence-electron chi connectivity index (χ0n) is 10.1. The van der Waals surface area contributed by atoms with Crippen molar-refractivity contribution in [3.63, 3.8) is 0 Å². The van der Waals surface area contributed by atoms with E-state index < -0.39 is 5.97 Å². The first-order chi connectivity index (χ1) is 9.10. The highest BCUT2D eigenvalue weighted by molar-refractivity contribution is 6.32. The topological polar surface area (TPSA) is 63.0 Å². The van der Waals surface area contributed by atoms with Crippen LogP contribution in [-0.2, 0) is 0 Å². The van der Waals surface area contributed by atoms with E-state index >= 15 is 0 Å². The molecule has 0 aliphatic rings. The summed E-state index contributed by atoms with van der Waals surface area (Å²) in [6.45, 7) is 1.83. The first-order valence-electron chi connectivity index (χ1n) is 5.44. The number of carbonyl (C=O) groups excluding carboxylic acids is 1. The van der Waals surface area contributed by atoms with Gasteiger partial charge in [0.05, 0.1) is 22.2 Å². The van der Waals surface area contributed by atoms with E-state index in [9.17, 15) is 4.79 Å². The molecule has 1 aromatic heterocycles. The number of aryl methyl sites for hydroxylation is 1. The molecule has 1 heterocycles. The van der Waals surface area contributed by atoms with Crippen LogP contribution in [0.5, 0.6) is 5.75 Å². The van der Waals surface area contributed by atoms with E-state index in [0.717, 1.165) is 5.69 Å². The minimum atomic E-state index is -0.542. The number of nitriles is 1. The Labute approximate surface area is 115 Å². The van der Waals surface area contributed by atoms with Gasteiger partial charge in [0.25, 0.3) is 0 Å². The SMILES string of the molecule is Cc1ccc(C(=O)Oc2ccc(C#N)cc2Cl)cn1. The van der Waals surface area contributed by atoms with Crippen molar-refractivity contribution in [1.29, 1.82) is 5.26 Å². The fraction of sp³-hybridized carbons (Fsp3) is 0.0714. The van der Waals surface area contributed by atoms with Crippen molar-refractivity contribution in [2.45, 2.75) is 6.92 Å². The van der Waals surface area contributed by atoms with Gasteiger partial charge in [-0.15, -0.1) is 0 Å². The highest BCUT2D eigenvalue weighted by Gasteiger charge is 2.11. The lowest BCUT2D eigenvalue weighted by Crippen LogP contribution is -2.09. The molecule has 19 heavy (non-hydrogen) atoms. The highest BCUT2D eigenvalue weighted by atomic mass is 35.5. The number of esters is 1. The number of ether oxygens (including phenoxy) is 1. The van der Waals surface area contributed by atoms with Gasteiger partial charge in [-0.2, -0.15) is 5.26 Å². The summed E-state index contributed by atoms with van der Waals surface area (Å²) >= 11 is 5.92. The predicted molar refractivity (Wildman–Crippen MR) is 70.1 cm³/mol. The molecule has 0 spiro atoms. The van der Waals surface area contributed by atoms with Crippen molar-refractivity contribution >= 4 is 17.6 Å². The molecule has 0 amide bonds. The number of nitrogens with zero attached hydrogens (tertiary/aromatic N) is 2. The minimum Gasteiger partial charge on any atom is -0.421 e. The molecular formula is C14H9ClN2O2. The van der Waals surface area contributed by atoms with Gasteiger partial charge in [-0.25, -0.2) is 4.79 Å². The molecule has 5 heteroatoms. The number of benzene rings is 1. The maximum absolute atomic E-state index is 11.8. The van der Waals surface area contributed by atoms with Gasteiger partial charge >= 0.3 is 5.97 Å². The van der Waals surface area contributed by atoms with Crippen LogP contribution in [0.15, 0.2) is 36.5 Å². The molecule has 0 aliphatic heterocycles. The fourth-order valence-electron chi connectivity index (χ4n) is 1.40. The average molecular weight is 273 g/mol. The van der Waals surface area contributed by atoms with E-state index in [1.54, 1.807) is 12.1 Å². The van der Waals surface area contributed by atoms with Gasteiger partial charge in [0.2, 0.25) is 0 Å². The molecule has 0 atom stereocenters. The van der Waals surface area contributed by atoms with E-state index in [1.165, 1.54) is 24.4 Å². The average Bonchev–Trinajstić information content (AvgIpc) is 2.41. The van der Waals surface area contributed by atoms with E-state index in [2.05, 4.69) is 4.98 Å². The number of hydrogen-bond donors (Lipinski definition) is 0. The number of hydrogen-bond acceptors (Lipinski definition) is 4.